The van der Waals surface area contributed by atoms with Gasteiger partial charge in [-0.2, -0.15) is 0 Å². The quantitative estimate of drug-likeness (QED) is 0.232. The molecule has 0 aromatic heterocycles. The van der Waals surface area contributed by atoms with Gasteiger partial charge in [-0.1, -0.05) is 27.7 Å². The fourth-order valence-corrected chi connectivity index (χ4v) is 7.34. The monoisotopic (exact) mass is 566 g/mol. The molecule has 0 spiro atoms. The maximum Gasteiger partial charge on any atom is 0.312 e. The minimum absolute atomic E-state index is 0.0145. The van der Waals surface area contributed by atoms with Gasteiger partial charge in [-0.3, -0.25) is 19.2 Å². The maximum absolute atomic E-state index is 13.0. The second kappa shape index (κ2) is 12.0. The van der Waals surface area contributed by atoms with Crippen molar-refractivity contribution in [1.29, 1.82) is 0 Å². The molecule has 0 radical (unpaired) electrons. The van der Waals surface area contributed by atoms with Gasteiger partial charge in [0.2, 0.25) is 0 Å². The molecule has 8 heteroatoms. The van der Waals surface area contributed by atoms with Crippen molar-refractivity contribution in [1.82, 2.24) is 0 Å². The van der Waals surface area contributed by atoms with Crippen LogP contribution < -0.4 is 0 Å². The molecule has 3 fully saturated rings. The Morgan fingerprint density at radius 1 is 0.850 bits per heavy atom. The van der Waals surface area contributed by atoms with Crippen molar-refractivity contribution in [2.75, 3.05) is 20.8 Å². The van der Waals surface area contributed by atoms with Crippen LogP contribution in [0.4, 0.5) is 0 Å². The van der Waals surface area contributed by atoms with E-state index in [1.165, 1.54) is 39.9 Å². The normalized spacial score (nSPS) is 30.1. The molecule has 0 N–H and O–H groups in total. The Balaban J connectivity index is 0.000000460. The molecule has 3 aliphatic rings. The Kier molecular flexibility index (Phi) is 10.2. The van der Waals surface area contributed by atoms with Crippen LogP contribution in [0, 0.1) is 33.0 Å². The predicted molar refractivity (Wildman–Crippen MR) is 152 cm³/mol. The second-order valence-electron chi connectivity index (χ2n) is 14.7. The third-order valence-electron chi connectivity index (χ3n) is 10.7. The highest BCUT2D eigenvalue weighted by atomic mass is 16.6. The maximum atomic E-state index is 13.0. The summed E-state index contributed by atoms with van der Waals surface area (Å²) in [6.07, 6.45) is 7.08. The van der Waals surface area contributed by atoms with Gasteiger partial charge in [-0.05, 0) is 96.3 Å². The number of cyclic esters (lactones) is 1. The zero-order valence-corrected chi connectivity index (χ0v) is 26.9. The summed E-state index contributed by atoms with van der Waals surface area (Å²) >= 11 is 0. The third kappa shape index (κ3) is 7.02. The minimum atomic E-state index is -1.14. The van der Waals surface area contributed by atoms with Gasteiger partial charge in [0.25, 0.3) is 0 Å². The average Bonchev–Trinajstić information content (AvgIpc) is 3.22. The summed E-state index contributed by atoms with van der Waals surface area (Å²) in [5.41, 5.74) is -2.71. The van der Waals surface area contributed by atoms with Crippen LogP contribution in [0.5, 0.6) is 0 Å². The van der Waals surface area contributed by atoms with Crippen LogP contribution in [0.3, 0.4) is 0 Å². The summed E-state index contributed by atoms with van der Waals surface area (Å²) in [6, 6.07) is 0. The molecular weight excluding hydrogens is 512 g/mol. The number of fused-ring (bicyclic) bond motifs is 2. The molecule has 1 saturated heterocycles. The summed E-state index contributed by atoms with van der Waals surface area (Å²) < 4.78 is 20.6. The van der Waals surface area contributed by atoms with Crippen LogP contribution in [-0.4, -0.2) is 50.3 Å². The Morgan fingerprint density at radius 3 is 1.75 bits per heavy atom. The van der Waals surface area contributed by atoms with Gasteiger partial charge in [0.1, 0.15) is 5.60 Å². The first kappa shape index (κ1) is 34.1. The van der Waals surface area contributed by atoms with E-state index in [-0.39, 0.29) is 25.9 Å². The van der Waals surface area contributed by atoms with E-state index in [2.05, 4.69) is 20.8 Å². The van der Waals surface area contributed by atoms with E-state index < -0.39 is 45.7 Å². The first-order valence-corrected chi connectivity index (χ1v) is 14.8. The number of hydrogen-bond acceptors (Lipinski definition) is 8. The number of esters is 4. The van der Waals surface area contributed by atoms with Crippen molar-refractivity contribution in [3.8, 4) is 0 Å². The molecule has 3 atom stereocenters. The van der Waals surface area contributed by atoms with Gasteiger partial charge in [-0.15, -0.1) is 0 Å². The van der Waals surface area contributed by atoms with Crippen LogP contribution in [0.25, 0.3) is 0 Å². The summed E-state index contributed by atoms with van der Waals surface area (Å²) in [6.45, 7) is 17.9. The Hall–Kier alpha value is -2.12. The molecule has 2 saturated carbocycles. The molecular formula is C32H54O8. The van der Waals surface area contributed by atoms with Gasteiger partial charge in [-0.25, -0.2) is 0 Å². The zero-order chi connectivity index (χ0) is 30.8. The van der Waals surface area contributed by atoms with Crippen molar-refractivity contribution >= 4 is 23.9 Å². The number of carbonyl (C=O) groups excluding carboxylic acids is 4. The SMILES string of the molecule is CC12CCC(CC1)C2(C)C.CCC(C)(CC(C)(CC(C)(C)C(=O)OC1(C)CCOC(=O)C1)C(=O)OC)C(=O)OC. The lowest BCUT2D eigenvalue weighted by molar-refractivity contribution is -0.184. The van der Waals surface area contributed by atoms with Crippen LogP contribution >= 0.6 is 0 Å². The summed E-state index contributed by atoms with van der Waals surface area (Å²) in [5, 5.41) is 0. The van der Waals surface area contributed by atoms with Gasteiger partial charge in [0.15, 0.2) is 0 Å². The van der Waals surface area contributed by atoms with Gasteiger partial charge in [0.05, 0.1) is 43.5 Å². The van der Waals surface area contributed by atoms with Crippen LogP contribution in [0.2, 0.25) is 0 Å². The highest BCUT2D eigenvalue weighted by Gasteiger charge is 2.55. The summed E-state index contributed by atoms with van der Waals surface area (Å²) in [5.74, 6) is -0.817. The average molecular weight is 567 g/mol. The fourth-order valence-electron chi connectivity index (χ4n) is 7.34. The minimum Gasteiger partial charge on any atom is -0.469 e. The van der Waals surface area contributed by atoms with E-state index in [0.717, 1.165) is 5.92 Å². The molecule has 3 rings (SSSR count). The molecule has 0 amide bonds. The lowest BCUT2D eigenvalue weighted by atomic mass is 9.65. The molecule has 8 nitrogen and oxygen atoms in total. The smallest absolute Gasteiger partial charge is 0.312 e. The molecule has 2 aliphatic carbocycles. The molecule has 0 aromatic carbocycles. The van der Waals surface area contributed by atoms with E-state index in [9.17, 15) is 19.2 Å². The van der Waals surface area contributed by atoms with Gasteiger partial charge < -0.3 is 18.9 Å². The standard InChI is InChI=1S/C22H36O8.C10H18/c1-9-20(4,17(25)27-7)14-21(5,18(26)28-8)13-19(2,3)16(24)30-22(6)10-11-29-15(23)12-22;1-9(2)8-4-6-10(9,3)7-5-8/h9-14H2,1-8H3;8H,4-7H2,1-3H3. The van der Waals surface area contributed by atoms with Crippen molar-refractivity contribution in [2.24, 2.45) is 33.0 Å². The van der Waals surface area contributed by atoms with Gasteiger partial charge in [0, 0.05) is 6.42 Å². The molecule has 0 aromatic rings. The van der Waals surface area contributed by atoms with Crippen LogP contribution in [-0.2, 0) is 38.1 Å². The van der Waals surface area contributed by atoms with Crippen LogP contribution in [0.1, 0.15) is 120 Å². The molecule has 2 bridgehead atoms. The van der Waals surface area contributed by atoms with Crippen LogP contribution in [0.15, 0.2) is 0 Å². The number of ether oxygens (including phenoxy) is 4. The number of methoxy groups -OCH3 is 2. The number of hydrogen-bond donors (Lipinski definition) is 0. The highest BCUT2D eigenvalue weighted by molar-refractivity contribution is 5.83. The first-order valence-electron chi connectivity index (χ1n) is 14.8. The van der Waals surface area contributed by atoms with E-state index in [1.54, 1.807) is 34.6 Å². The van der Waals surface area contributed by atoms with E-state index in [1.807, 2.05) is 6.92 Å². The fraction of sp³-hybridized carbons (Fsp3) is 0.875. The lowest BCUT2D eigenvalue weighted by Crippen LogP contribution is -2.47. The number of rotatable bonds is 9. The van der Waals surface area contributed by atoms with Crippen molar-refractivity contribution in [3.63, 3.8) is 0 Å². The molecule has 40 heavy (non-hydrogen) atoms. The Bertz CT molecular complexity index is 957. The van der Waals surface area contributed by atoms with Gasteiger partial charge >= 0.3 is 23.9 Å². The largest absolute Gasteiger partial charge is 0.469 e. The van der Waals surface area contributed by atoms with Crippen molar-refractivity contribution in [3.05, 3.63) is 0 Å². The summed E-state index contributed by atoms with van der Waals surface area (Å²) in [7, 11) is 2.59. The van der Waals surface area contributed by atoms with Crippen molar-refractivity contribution in [2.45, 2.75) is 126 Å². The first-order chi connectivity index (χ1) is 18.2. The number of carbonyl (C=O) groups is 4. The molecule has 230 valence electrons. The molecule has 3 unspecified atom stereocenters. The third-order valence-corrected chi connectivity index (χ3v) is 10.7. The van der Waals surface area contributed by atoms with E-state index in [4.69, 9.17) is 18.9 Å². The molecule has 1 aliphatic heterocycles. The van der Waals surface area contributed by atoms with E-state index >= 15 is 0 Å². The Labute approximate surface area is 241 Å². The topological polar surface area (TPSA) is 105 Å². The zero-order valence-electron chi connectivity index (χ0n) is 26.9. The highest BCUT2D eigenvalue weighted by Crippen LogP contribution is 2.65. The van der Waals surface area contributed by atoms with Crippen molar-refractivity contribution < 1.29 is 38.1 Å². The lowest BCUT2D eigenvalue weighted by Gasteiger charge is -2.40. The summed E-state index contributed by atoms with van der Waals surface area (Å²) in [4.78, 5) is 49.8. The second-order valence-corrected chi connectivity index (χ2v) is 14.7. The molecule has 1 heterocycles. The predicted octanol–water partition coefficient (Wildman–Crippen LogP) is 6.42. The Morgan fingerprint density at radius 2 is 1.38 bits per heavy atom. The van der Waals surface area contributed by atoms with E-state index in [0.29, 0.717) is 23.7 Å².